The summed E-state index contributed by atoms with van der Waals surface area (Å²) in [5.74, 6) is -0.0690. The monoisotopic (exact) mass is 306 g/mol. The first-order valence-electron chi connectivity index (χ1n) is 7.38. The van der Waals surface area contributed by atoms with Crippen LogP contribution in [0.15, 0.2) is 18.2 Å². The fraction of sp³-hybridized carbons (Fsp3) is 0.500. The van der Waals surface area contributed by atoms with Gasteiger partial charge in [-0.3, -0.25) is 14.5 Å². The van der Waals surface area contributed by atoms with Gasteiger partial charge in [0.05, 0.1) is 5.69 Å². The molecule has 6 nitrogen and oxygen atoms in total. The lowest BCUT2D eigenvalue weighted by molar-refractivity contribution is -0.134. The van der Waals surface area contributed by atoms with Crippen molar-refractivity contribution < 1.29 is 19.4 Å². The number of hydrogen-bond donors (Lipinski definition) is 2. The summed E-state index contributed by atoms with van der Waals surface area (Å²) in [5.41, 5.74) is -0.649. The fourth-order valence-corrected chi connectivity index (χ4v) is 2.28. The maximum absolute atomic E-state index is 12.6. The number of nitrogens with one attached hydrogen (secondary N) is 1. The number of nitrogens with zero attached hydrogens (tertiary/aromatic N) is 1. The molecule has 0 saturated carbocycles. The highest BCUT2D eigenvalue weighted by atomic mass is 16.5. The Labute approximate surface area is 130 Å². The van der Waals surface area contributed by atoms with E-state index in [4.69, 9.17) is 4.74 Å². The Balaban J connectivity index is 2.30. The zero-order valence-electron chi connectivity index (χ0n) is 13.3. The number of carbonyl (C=O) groups excluding carboxylic acids is 2. The van der Waals surface area contributed by atoms with Gasteiger partial charge in [-0.25, -0.2) is 0 Å². The van der Waals surface area contributed by atoms with Gasteiger partial charge in [-0.15, -0.1) is 0 Å². The van der Waals surface area contributed by atoms with E-state index in [0.29, 0.717) is 11.4 Å². The first-order chi connectivity index (χ1) is 10.2. The summed E-state index contributed by atoms with van der Waals surface area (Å²) < 4.78 is 5.67. The van der Waals surface area contributed by atoms with Crippen molar-refractivity contribution in [3.63, 3.8) is 0 Å². The second kappa shape index (κ2) is 5.87. The standard InChI is InChI=1S/C16H22N2O4/c1-5-10(2)17-14(20)9-18-12-8-11(19)6-7-13(12)22-16(3,4)15(18)21/h6-8,10,19H,5,9H2,1-4H3,(H,17,20). The summed E-state index contributed by atoms with van der Waals surface area (Å²) in [7, 11) is 0. The van der Waals surface area contributed by atoms with Crippen molar-refractivity contribution in [1.29, 1.82) is 0 Å². The summed E-state index contributed by atoms with van der Waals surface area (Å²) >= 11 is 0. The highest BCUT2D eigenvalue weighted by Gasteiger charge is 2.41. The summed E-state index contributed by atoms with van der Waals surface area (Å²) in [4.78, 5) is 26.0. The molecule has 0 bridgehead atoms. The molecule has 1 aromatic rings. The van der Waals surface area contributed by atoms with E-state index in [1.54, 1.807) is 19.9 Å². The van der Waals surface area contributed by atoms with Crippen LogP contribution in [0, 0.1) is 0 Å². The van der Waals surface area contributed by atoms with Gasteiger partial charge in [-0.1, -0.05) is 6.92 Å². The third kappa shape index (κ3) is 3.16. The number of benzene rings is 1. The molecule has 6 heteroatoms. The molecule has 1 aliphatic heterocycles. The van der Waals surface area contributed by atoms with Crippen LogP contribution in [-0.4, -0.2) is 35.1 Å². The zero-order chi connectivity index (χ0) is 16.5. The first-order valence-corrected chi connectivity index (χ1v) is 7.38. The predicted octanol–water partition coefficient (Wildman–Crippen LogP) is 1.81. The van der Waals surface area contributed by atoms with Crippen LogP contribution >= 0.6 is 0 Å². The summed E-state index contributed by atoms with van der Waals surface area (Å²) in [6, 6.07) is 4.56. The number of amides is 2. The number of phenols is 1. The van der Waals surface area contributed by atoms with E-state index >= 15 is 0 Å². The maximum Gasteiger partial charge on any atom is 0.271 e. The molecule has 2 amide bonds. The van der Waals surface area contributed by atoms with Crippen LogP contribution in [0.3, 0.4) is 0 Å². The second-order valence-electron chi connectivity index (χ2n) is 6.03. The molecule has 1 aromatic carbocycles. The number of hydrogen-bond acceptors (Lipinski definition) is 4. The van der Waals surface area contributed by atoms with Gasteiger partial charge in [0.15, 0.2) is 5.60 Å². The Hall–Kier alpha value is -2.24. The van der Waals surface area contributed by atoms with Gasteiger partial charge >= 0.3 is 0 Å². The number of fused-ring (bicyclic) bond motifs is 1. The van der Waals surface area contributed by atoms with Gasteiger partial charge in [-0.05, 0) is 39.3 Å². The Morgan fingerprint density at radius 3 is 2.77 bits per heavy atom. The molecule has 1 atom stereocenters. The summed E-state index contributed by atoms with van der Waals surface area (Å²) in [5, 5.41) is 12.5. The van der Waals surface area contributed by atoms with Crippen LogP contribution in [0.4, 0.5) is 5.69 Å². The minimum absolute atomic E-state index is 0.0159. The van der Waals surface area contributed by atoms with E-state index in [0.717, 1.165) is 6.42 Å². The first kappa shape index (κ1) is 16.1. The third-order valence-corrected chi connectivity index (χ3v) is 3.68. The number of aromatic hydroxyl groups is 1. The second-order valence-corrected chi connectivity index (χ2v) is 6.03. The smallest absolute Gasteiger partial charge is 0.271 e. The van der Waals surface area contributed by atoms with Gasteiger partial charge in [-0.2, -0.15) is 0 Å². The van der Waals surface area contributed by atoms with E-state index in [-0.39, 0.29) is 30.2 Å². The van der Waals surface area contributed by atoms with Gasteiger partial charge in [0.2, 0.25) is 5.91 Å². The molecule has 0 spiro atoms. The minimum Gasteiger partial charge on any atom is -0.508 e. The molecule has 2 N–H and O–H groups in total. The summed E-state index contributed by atoms with van der Waals surface area (Å²) in [6.07, 6.45) is 0.811. The molecule has 0 fully saturated rings. The lowest BCUT2D eigenvalue weighted by Gasteiger charge is -2.38. The quantitative estimate of drug-likeness (QED) is 0.889. The number of ether oxygens (including phenoxy) is 1. The normalized spacial score (nSPS) is 17.5. The predicted molar refractivity (Wildman–Crippen MR) is 83.1 cm³/mol. The van der Waals surface area contributed by atoms with Gasteiger partial charge < -0.3 is 15.2 Å². The van der Waals surface area contributed by atoms with E-state index in [9.17, 15) is 14.7 Å². The Morgan fingerprint density at radius 1 is 1.45 bits per heavy atom. The van der Waals surface area contributed by atoms with Gasteiger partial charge in [0.25, 0.3) is 5.91 Å². The highest BCUT2D eigenvalue weighted by molar-refractivity contribution is 6.05. The number of carbonyl (C=O) groups is 2. The van der Waals surface area contributed by atoms with Crippen LogP contribution in [-0.2, 0) is 9.59 Å². The summed E-state index contributed by atoms with van der Waals surface area (Å²) in [6.45, 7) is 7.09. The van der Waals surface area contributed by atoms with Crippen LogP contribution in [0.1, 0.15) is 34.1 Å². The van der Waals surface area contributed by atoms with Crippen LogP contribution < -0.4 is 15.0 Å². The van der Waals surface area contributed by atoms with E-state index < -0.39 is 5.60 Å². The largest absolute Gasteiger partial charge is 0.508 e. The number of anilines is 1. The third-order valence-electron chi connectivity index (χ3n) is 3.68. The molecule has 0 radical (unpaired) electrons. The Bertz CT molecular complexity index is 598. The Morgan fingerprint density at radius 2 is 2.14 bits per heavy atom. The van der Waals surface area contributed by atoms with Crippen LogP contribution in [0.5, 0.6) is 11.5 Å². The number of phenolic OH excluding ortho intramolecular Hbond substituents is 1. The topological polar surface area (TPSA) is 78.9 Å². The van der Waals surface area contributed by atoms with E-state index in [2.05, 4.69) is 5.32 Å². The minimum atomic E-state index is -1.05. The molecule has 1 heterocycles. The van der Waals surface area contributed by atoms with Crippen molar-refractivity contribution in [1.82, 2.24) is 5.32 Å². The molecular formula is C16H22N2O4. The van der Waals surface area contributed by atoms with Crippen molar-refractivity contribution in [2.75, 3.05) is 11.4 Å². The molecule has 0 saturated heterocycles. The lowest BCUT2D eigenvalue weighted by Crippen LogP contribution is -2.55. The SMILES string of the molecule is CCC(C)NC(=O)CN1C(=O)C(C)(C)Oc2ccc(O)cc21. The van der Waals surface area contributed by atoms with Crippen molar-refractivity contribution in [2.24, 2.45) is 0 Å². The van der Waals surface area contributed by atoms with Crippen molar-refractivity contribution in [3.8, 4) is 11.5 Å². The molecule has 1 aliphatic rings. The van der Waals surface area contributed by atoms with Crippen molar-refractivity contribution in [2.45, 2.75) is 45.8 Å². The molecule has 0 aromatic heterocycles. The molecule has 0 aliphatic carbocycles. The fourth-order valence-electron chi connectivity index (χ4n) is 2.28. The maximum atomic E-state index is 12.6. The average Bonchev–Trinajstić information content (AvgIpc) is 2.44. The van der Waals surface area contributed by atoms with Gasteiger partial charge in [0, 0.05) is 12.1 Å². The molecule has 22 heavy (non-hydrogen) atoms. The van der Waals surface area contributed by atoms with E-state index in [1.165, 1.54) is 17.0 Å². The van der Waals surface area contributed by atoms with Crippen molar-refractivity contribution >= 4 is 17.5 Å². The highest BCUT2D eigenvalue weighted by Crippen LogP contribution is 2.39. The molecule has 120 valence electrons. The van der Waals surface area contributed by atoms with Crippen LogP contribution in [0.25, 0.3) is 0 Å². The van der Waals surface area contributed by atoms with Crippen molar-refractivity contribution in [3.05, 3.63) is 18.2 Å². The van der Waals surface area contributed by atoms with Gasteiger partial charge in [0.1, 0.15) is 18.0 Å². The molecular weight excluding hydrogens is 284 g/mol. The Kier molecular flexibility index (Phi) is 4.30. The molecule has 2 rings (SSSR count). The zero-order valence-corrected chi connectivity index (χ0v) is 13.3. The lowest BCUT2D eigenvalue weighted by atomic mass is 10.0. The van der Waals surface area contributed by atoms with E-state index in [1.807, 2.05) is 13.8 Å². The molecule has 1 unspecified atom stereocenters. The average molecular weight is 306 g/mol. The number of rotatable bonds is 4. The van der Waals surface area contributed by atoms with Crippen LogP contribution in [0.2, 0.25) is 0 Å².